The van der Waals surface area contributed by atoms with E-state index in [4.69, 9.17) is 0 Å². The van der Waals surface area contributed by atoms with Crippen molar-refractivity contribution in [2.45, 2.75) is 6.92 Å². The van der Waals surface area contributed by atoms with Gasteiger partial charge in [-0.15, -0.1) is 0 Å². The van der Waals surface area contributed by atoms with Gasteiger partial charge in [-0.1, -0.05) is 48.2 Å². The summed E-state index contributed by atoms with van der Waals surface area (Å²) in [4.78, 5) is 26.1. The number of rotatable bonds is 5. The zero-order chi connectivity index (χ0) is 22.4. The van der Waals surface area contributed by atoms with E-state index in [9.17, 15) is 14.7 Å². The van der Waals surface area contributed by atoms with Crippen LogP contribution in [0.5, 0.6) is 0 Å². The van der Waals surface area contributed by atoms with Crippen LogP contribution >= 0.6 is 0 Å². The Bertz CT molecular complexity index is 1230. The number of aromatic carboxylic acids is 1. The molecule has 0 unspecified atom stereocenters. The lowest BCUT2D eigenvalue weighted by molar-refractivity contribution is -0.111. The first kappa shape index (κ1) is 21.8. The van der Waals surface area contributed by atoms with Crippen molar-refractivity contribution in [3.05, 3.63) is 83.4 Å². The van der Waals surface area contributed by atoms with E-state index in [1.54, 1.807) is 12.1 Å². The molecule has 31 heavy (non-hydrogen) atoms. The van der Waals surface area contributed by atoms with Crippen LogP contribution in [0.25, 0.3) is 16.3 Å². The van der Waals surface area contributed by atoms with Crippen molar-refractivity contribution in [3.8, 4) is 11.8 Å². The van der Waals surface area contributed by atoms with Gasteiger partial charge in [-0.25, -0.2) is 4.79 Å². The Labute approximate surface area is 182 Å². The smallest absolute Gasteiger partial charge is 0.337 e. The lowest BCUT2D eigenvalue weighted by Crippen LogP contribution is -2.13. The van der Waals surface area contributed by atoms with Crippen molar-refractivity contribution in [2.24, 2.45) is 0 Å². The molecular formula is C26H24N2O3. The van der Waals surface area contributed by atoms with Crippen molar-refractivity contribution in [2.75, 3.05) is 26.0 Å². The summed E-state index contributed by atoms with van der Waals surface area (Å²) in [6.45, 7) is 2.43. The average Bonchev–Trinajstić information content (AvgIpc) is 2.73. The molecule has 0 aromatic heterocycles. The summed E-state index contributed by atoms with van der Waals surface area (Å²) < 4.78 is 0. The number of hydrogen-bond donors (Lipinski definition) is 2. The number of fused-ring (bicyclic) bond motifs is 1. The highest BCUT2D eigenvalue weighted by Crippen LogP contribution is 2.22. The van der Waals surface area contributed by atoms with Crippen molar-refractivity contribution >= 4 is 33.9 Å². The van der Waals surface area contributed by atoms with E-state index in [2.05, 4.69) is 17.2 Å². The molecule has 0 bridgehead atoms. The Morgan fingerprint density at radius 1 is 1.03 bits per heavy atom. The largest absolute Gasteiger partial charge is 0.478 e. The Hall–Kier alpha value is -3.88. The third-order valence-corrected chi connectivity index (χ3v) is 4.69. The number of carbonyl (C=O) groups is 2. The first-order valence-electron chi connectivity index (χ1n) is 9.83. The number of carboxylic acid groups (broad SMARTS) is 1. The molecule has 5 heteroatoms. The van der Waals surface area contributed by atoms with Gasteiger partial charge in [0.25, 0.3) is 0 Å². The van der Waals surface area contributed by atoms with Crippen LogP contribution in [0.4, 0.5) is 5.69 Å². The minimum absolute atomic E-state index is 0.0169. The van der Waals surface area contributed by atoms with Crippen molar-refractivity contribution < 1.29 is 14.7 Å². The number of nitrogens with zero attached hydrogens (tertiary/aromatic N) is 1. The van der Waals surface area contributed by atoms with Gasteiger partial charge >= 0.3 is 5.97 Å². The van der Waals surface area contributed by atoms with Gasteiger partial charge in [-0.05, 0) is 67.2 Å². The monoisotopic (exact) mass is 412 g/mol. The van der Waals surface area contributed by atoms with Crippen molar-refractivity contribution in [1.82, 2.24) is 4.90 Å². The van der Waals surface area contributed by atoms with Crippen LogP contribution in [-0.2, 0) is 4.79 Å². The minimum atomic E-state index is -1.11. The van der Waals surface area contributed by atoms with E-state index >= 15 is 0 Å². The Kier molecular flexibility index (Phi) is 6.86. The molecule has 156 valence electrons. The second kappa shape index (κ2) is 9.75. The SMILES string of the molecule is C/C(=C/C(=O)Nc1cc(C#CCN(C)C)ccc1C(=O)O)c1ccc2ccccc2c1. The number of carbonyl (C=O) groups excluding carboxylic acids is 1. The molecule has 0 saturated heterocycles. The van der Waals surface area contributed by atoms with Gasteiger partial charge in [-0.3, -0.25) is 9.69 Å². The fourth-order valence-corrected chi connectivity index (χ4v) is 3.10. The van der Waals surface area contributed by atoms with Gasteiger partial charge in [0, 0.05) is 11.6 Å². The predicted octanol–water partition coefficient (Wildman–Crippen LogP) is 4.49. The molecule has 1 amide bonds. The number of carboxylic acids is 1. The molecule has 0 aliphatic rings. The molecule has 2 N–H and O–H groups in total. The topological polar surface area (TPSA) is 69.6 Å². The molecule has 0 atom stereocenters. The van der Waals surface area contributed by atoms with Gasteiger partial charge in [0.2, 0.25) is 5.91 Å². The second-order valence-electron chi connectivity index (χ2n) is 7.48. The van der Waals surface area contributed by atoms with Gasteiger partial charge in [-0.2, -0.15) is 0 Å². The van der Waals surface area contributed by atoms with Crippen LogP contribution in [0, 0.1) is 11.8 Å². The summed E-state index contributed by atoms with van der Waals surface area (Å²) in [5.74, 6) is 4.48. The maximum atomic E-state index is 12.6. The van der Waals surface area contributed by atoms with E-state index in [1.807, 2.05) is 68.4 Å². The second-order valence-corrected chi connectivity index (χ2v) is 7.48. The number of anilines is 1. The number of nitrogens with one attached hydrogen (secondary N) is 1. The van der Waals surface area contributed by atoms with E-state index in [0.717, 1.165) is 21.9 Å². The molecule has 5 nitrogen and oxygen atoms in total. The molecule has 0 radical (unpaired) electrons. The molecule has 0 heterocycles. The van der Waals surface area contributed by atoms with E-state index in [0.29, 0.717) is 12.1 Å². The van der Waals surface area contributed by atoms with E-state index < -0.39 is 11.9 Å². The number of allylic oxidation sites excluding steroid dienone is 1. The van der Waals surface area contributed by atoms with Gasteiger partial charge in [0.15, 0.2) is 0 Å². The summed E-state index contributed by atoms with van der Waals surface area (Å²) in [7, 11) is 3.83. The summed E-state index contributed by atoms with van der Waals surface area (Å²) in [6.07, 6.45) is 1.47. The molecule has 0 spiro atoms. The number of amides is 1. The zero-order valence-corrected chi connectivity index (χ0v) is 17.8. The zero-order valence-electron chi connectivity index (χ0n) is 17.8. The van der Waals surface area contributed by atoms with Gasteiger partial charge in [0.1, 0.15) is 0 Å². The normalized spacial score (nSPS) is 11.2. The predicted molar refractivity (Wildman–Crippen MR) is 125 cm³/mol. The molecule has 3 aromatic rings. The molecule has 3 rings (SSSR count). The highest BCUT2D eigenvalue weighted by molar-refractivity contribution is 6.07. The van der Waals surface area contributed by atoms with Gasteiger partial charge in [0.05, 0.1) is 17.8 Å². The fourth-order valence-electron chi connectivity index (χ4n) is 3.10. The minimum Gasteiger partial charge on any atom is -0.478 e. The van der Waals surface area contributed by atoms with E-state index in [-0.39, 0.29) is 11.3 Å². The first-order chi connectivity index (χ1) is 14.8. The van der Waals surface area contributed by atoms with Crippen molar-refractivity contribution in [1.29, 1.82) is 0 Å². The molecule has 0 aliphatic carbocycles. The van der Waals surface area contributed by atoms with Crippen LogP contribution in [0.1, 0.15) is 28.4 Å². The number of hydrogen-bond acceptors (Lipinski definition) is 3. The van der Waals surface area contributed by atoms with Crippen LogP contribution in [-0.4, -0.2) is 42.5 Å². The Balaban J connectivity index is 1.84. The van der Waals surface area contributed by atoms with Gasteiger partial charge < -0.3 is 10.4 Å². The lowest BCUT2D eigenvalue weighted by Gasteiger charge is -2.09. The summed E-state index contributed by atoms with van der Waals surface area (Å²) in [6, 6.07) is 18.7. The quantitative estimate of drug-likeness (QED) is 0.478. The Morgan fingerprint density at radius 3 is 2.48 bits per heavy atom. The highest BCUT2D eigenvalue weighted by Gasteiger charge is 2.12. The molecule has 3 aromatic carbocycles. The molecule has 0 fully saturated rings. The molecule has 0 saturated carbocycles. The van der Waals surface area contributed by atoms with Crippen molar-refractivity contribution in [3.63, 3.8) is 0 Å². The molecule has 0 aliphatic heterocycles. The third-order valence-electron chi connectivity index (χ3n) is 4.69. The lowest BCUT2D eigenvalue weighted by atomic mass is 10.0. The highest BCUT2D eigenvalue weighted by atomic mass is 16.4. The summed E-state index contributed by atoms with van der Waals surface area (Å²) in [5.41, 5.74) is 2.58. The average molecular weight is 412 g/mol. The maximum Gasteiger partial charge on any atom is 0.337 e. The standard InChI is InChI=1S/C26H24N2O3/c1-18(21-12-11-20-8-4-5-9-22(20)17-21)15-25(29)27-24-16-19(7-6-14-28(2)3)10-13-23(24)26(30)31/h4-5,8-13,15-17H,14H2,1-3H3,(H,27,29)(H,30,31)/b18-15-. The third kappa shape index (κ3) is 5.81. The summed E-state index contributed by atoms with van der Waals surface area (Å²) in [5, 5.41) is 14.4. The summed E-state index contributed by atoms with van der Waals surface area (Å²) >= 11 is 0. The number of benzene rings is 3. The van der Waals surface area contributed by atoms with Crippen LogP contribution in [0.3, 0.4) is 0 Å². The Morgan fingerprint density at radius 2 is 1.77 bits per heavy atom. The van der Waals surface area contributed by atoms with Crippen LogP contribution in [0.15, 0.2) is 66.7 Å². The first-order valence-corrected chi connectivity index (χ1v) is 9.83. The van der Waals surface area contributed by atoms with Crippen LogP contribution < -0.4 is 5.32 Å². The maximum absolute atomic E-state index is 12.6. The van der Waals surface area contributed by atoms with E-state index in [1.165, 1.54) is 12.1 Å². The molecular weight excluding hydrogens is 388 g/mol. The fraction of sp³-hybridized carbons (Fsp3) is 0.154. The van der Waals surface area contributed by atoms with Crippen LogP contribution in [0.2, 0.25) is 0 Å².